The van der Waals surface area contributed by atoms with Gasteiger partial charge in [0, 0.05) is 65.4 Å². The Labute approximate surface area is 221 Å². The van der Waals surface area contributed by atoms with E-state index in [4.69, 9.17) is 10.2 Å². The molecule has 0 atom stereocenters. The molecule has 0 saturated heterocycles. The fourth-order valence-electron chi connectivity index (χ4n) is 0.856. The maximum Gasteiger partial charge on any atom is 0.115 e. The van der Waals surface area contributed by atoms with Gasteiger partial charge in [-0.05, 0) is 24.3 Å². The molecule has 154 valence electrons. The maximum absolute atomic E-state index is 8.63. The normalized spacial score (nSPS) is 6.00. The fraction of sp³-hybridized carbons (Fsp3) is 0.435. The maximum atomic E-state index is 8.63. The van der Waals surface area contributed by atoms with Gasteiger partial charge in [0.2, 0.25) is 0 Å². The zero-order valence-corrected chi connectivity index (χ0v) is 25.1. The van der Waals surface area contributed by atoms with Gasteiger partial charge >= 0.3 is 0 Å². The molecule has 2 nitrogen and oxygen atoms in total. The molecule has 0 aromatic heterocycles. The zero-order chi connectivity index (χ0) is 20.9. The molecule has 0 saturated carbocycles. The van der Waals surface area contributed by atoms with Gasteiger partial charge in [-0.25, -0.2) is 0 Å². The van der Waals surface area contributed by atoms with Gasteiger partial charge in [0.05, 0.1) is 0 Å². The first-order chi connectivity index (χ1) is 12.2. The van der Waals surface area contributed by atoms with Gasteiger partial charge in [-0.15, -0.1) is 0 Å². The minimum absolute atomic E-state index is 0. The first-order valence-electron chi connectivity index (χ1n) is 9.42. The average Bonchev–Trinajstić information content (AvgIpc) is 2.70. The SMILES string of the molecule is CC.CC.CC.CC.C[CH-]C.Oc1ccccc1.Oc1ccccc1.[Y].[Y]. The minimum Gasteiger partial charge on any atom is -0.508 e. The molecule has 4 heteroatoms. The van der Waals surface area contributed by atoms with Crippen LogP contribution in [0.1, 0.15) is 69.2 Å². The van der Waals surface area contributed by atoms with Crippen LogP contribution in [0.15, 0.2) is 60.7 Å². The van der Waals surface area contributed by atoms with Crippen LogP contribution in [0.4, 0.5) is 0 Å². The first kappa shape index (κ1) is 45.8. The van der Waals surface area contributed by atoms with Crippen LogP contribution >= 0.6 is 0 Å². The van der Waals surface area contributed by atoms with Crippen molar-refractivity contribution in [2.45, 2.75) is 69.2 Å². The van der Waals surface area contributed by atoms with Gasteiger partial charge in [-0.1, -0.05) is 91.8 Å². The Balaban J connectivity index is -0.0000000377. The van der Waals surface area contributed by atoms with Crippen molar-refractivity contribution in [1.82, 2.24) is 0 Å². The molecule has 2 radical (unpaired) electrons. The molecule has 0 unspecified atom stereocenters. The summed E-state index contributed by atoms with van der Waals surface area (Å²) in [5.74, 6) is 0.644. The van der Waals surface area contributed by atoms with Gasteiger partial charge in [0.25, 0.3) is 0 Å². The van der Waals surface area contributed by atoms with E-state index >= 15 is 0 Å². The van der Waals surface area contributed by atoms with Crippen LogP contribution in [0.3, 0.4) is 0 Å². The summed E-state index contributed by atoms with van der Waals surface area (Å²) in [4.78, 5) is 0. The summed E-state index contributed by atoms with van der Waals surface area (Å²) in [7, 11) is 0. The van der Waals surface area contributed by atoms with Gasteiger partial charge < -0.3 is 16.6 Å². The molecular formula is C23H43O2Y2-. The standard InChI is InChI=1S/2C6H6O.C3H7.4C2H6.2Y/c2*7-6-4-2-1-3-5-6;1-3-2;4*1-2;;/h2*1-5,7H;3H,1-2H3;4*1-2H3;;/q;;-1;;;;;;. The number of hydrogen-bond donors (Lipinski definition) is 2. The molecule has 0 aliphatic heterocycles. The number of aromatic hydroxyl groups is 2. The molecule has 0 aliphatic carbocycles. The van der Waals surface area contributed by atoms with Gasteiger partial charge in [-0.2, -0.15) is 13.8 Å². The third kappa shape index (κ3) is 58.5. The van der Waals surface area contributed by atoms with Crippen LogP contribution in [0.5, 0.6) is 11.5 Å². The second-order valence-electron chi connectivity index (χ2n) is 3.25. The van der Waals surface area contributed by atoms with E-state index in [1.807, 2.05) is 87.8 Å². The molecule has 2 rings (SSSR count). The molecule has 2 aromatic rings. The van der Waals surface area contributed by atoms with Crippen molar-refractivity contribution in [1.29, 1.82) is 0 Å². The summed E-state index contributed by atoms with van der Waals surface area (Å²) in [6, 6.07) is 17.4. The molecule has 0 spiro atoms. The predicted octanol–water partition coefficient (Wildman–Crippen LogP) is 8.11. The van der Waals surface area contributed by atoms with Crippen molar-refractivity contribution in [3.8, 4) is 11.5 Å². The van der Waals surface area contributed by atoms with Gasteiger partial charge in [0.15, 0.2) is 0 Å². The molecule has 0 aliphatic rings. The van der Waals surface area contributed by atoms with E-state index < -0.39 is 0 Å². The fourth-order valence-corrected chi connectivity index (χ4v) is 0.856. The number of hydrogen-bond acceptors (Lipinski definition) is 2. The molecule has 27 heavy (non-hydrogen) atoms. The largest absolute Gasteiger partial charge is 0.508 e. The Bertz CT molecular complexity index is 331. The summed E-state index contributed by atoms with van der Waals surface area (Å²) >= 11 is 0. The van der Waals surface area contributed by atoms with E-state index in [1.165, 1.54) is 0 Å². The van der Waals surface area contributed by atoms with Crippen LogP contribution in [0.2, 0.25) is 0 Å². The van der Waals surface area contributed by atoms with E-state index in [0.717, 1.165) is 0 Å². The smallest absolute Gasteiger partial charge is 0.115 e. The summed E-state index contributed by atoms with van der Waals surface area (Å²) in [5, 5.41) is 17.3. The van der Waals surface area contributed by atoms with E-state index in [1.54, 1.807) is 48.5 Å². The molecule has 0 amide bonds. The Morgan fingerprint density at radius 3 is 0.704 bits per heavy atom. The van der Waals surface area contributed by atoms with Gasteiger partial charge in [-0.3, -0.25) is 0 Å². The average molecular weight is 529 g/mol. The number of benzene rings is 2. The molecule has 0 bridgehead atoms. The van der Waals surface area contributed by atoms with Crippen molar-refractivity contribution in [3.63, 3.8) is 0 Å². The monoisotopic (exact) mass is 529 g/mol. The molecule has 0 heterocycles. The second-order valence-corrected chi connectivity index (χ2v) is 3.25. The molecule has 2 N–H and O–H groups in total. The van der Waals surface area contributed by atoms with Crippen molar-refractivity contribution in [2.24, 2.45) is 0 Å². The summed E-state index contributed by atoms with van der Waals surface area (Å²) in [6.45, 7) is 20.0. The number of phenols is 2. The third-order valence-corrected chi connectivity index (χ3v) is 1.51. The van der Waals surface area contributed by atoms with Crippen LogP contribution in [-0.2, 0) is 65.4 Å². The van der Waals surface area contributed by atoms with Crippen LogP contribution in [0, 0.1) is 6.42 Å². The Morgan fingerprint density at radius 2 is 0.630 bits per heavy atom. The van der Waals surface area contributed by atoms with E-state index in [2.05, 4.69) is 0 Å². The van der Waals surface area contributed by atoms with Crippen molar-refractivity contribution >= 4 is 0 Å². The Hall–Kier alpha value is 0.248. The van der Waals surface area contributed by atoms with Crippen molar-refractivity contribution in [2.75, 3.05) is 0 Å². The number of phenolic OH excluding ortho intramolecular Hbond substituents is 2. The van der Waals surface area contributed by atoms with E-state index in [0.29, 0.717) is 11.5 Å². The molecular weight excluding hydrogens is 486 g/mol. The third-order valence-electron chi connectivity index (χ3n) is 1.51. The topological polar surface area (TPSA) is 40.5 Å². The first-order valence-corrected chi connectivity index (χ1v) is 9.42. The Kier molecular flexibility index (Phi) is 95.4. The number of rotatable bonds is 0. The van der Waals surface area contributed by atoms with Crippen LogP contribution < -0.4 is 0 Å². The zero-order valence-electron chi connectivity index (χ0n) is 19.4. The van der Waals surface area contributed by atoms with Crippen LogP contribution in [0.25, 0.3) is 0 Å². The second kappa shape index (κ2) is 56.2. The Morgan fingerprint density at radius 1 is 0.481 bits per heavy atom. The molecule has 2 aromatic carbocycles. The number of para-hydroxylation sites is 2. The van der Waals surface area contributed by atoms with Crippen molar-refractivity contribution < 1.29 is 75.6 Å². The quantitative estimate of drug-likeness (QED) is 0.339. The summed E-state index contributed by atoms with van der Waals surface area (Å²) in [5.41, 5.74) is 0. The minimum atomic E-state index is 0. The van der Waals surface area contributed by atoms with Gasteiger partial charge in [0.1, 0.15) is 11.5 Å². The summed E-state index contributed by atoms with van der Waals surface area (Å²) < 4.78 is 0. The van der Waals surface area contributed by atoms with E-state index in [-0.39, 0.29) is 65.4 Å². The summed E-state index contributed by atoms with van der Waals surface area (Å²) in [6.07, 6.45) is 2.00. The van der Waals surface area contributed by atoms with E-state index in [9.17, 15) is 0 Å². The molecule has 0 fully saturated rings. The van der Waals surface area contributed by atoms with Crippen molar-refractivity contribution in [3.05, 3.63) is 67.1 Å². The predicted molar refractivity (Wildman–Crippen MR) is 117 cm³/mol. The van der Waals surface area contributed by atoms with Crippen LogP contribution in [-0.4, -0.2) is 10.2 Å².